The van der Waals surface area contributed by atoms with Crippen LogP contribution in [0, 0.1) is 25.7 Å². The third-order valence-corrected chi connectivity index (χ3v) is 4.69. The van der Waals surface area contributed by atoms with Gasteiger partial charge in [-0.2, -0.15) is 4.39 Å². The number of nitrogens with zero attached hydrogens (tertiary/aromatic N) is 4. The second-order valence-electron chi connectivity index (χ2n) is 7.14. The van der Waals surface area contributed by atoms with Gasteiger partial charge in [-0.05, 0) is 52.5 Å². The predicted octanol–water partition coefficient (Wildman–Crippen LogP) is 2.80. The maximum Gasteiger partial charge on any atom is 0.211 e. The largest absolute Gasteiger partial charge is 0.354 e. The third kappa shape index (κ3) is 3.74. The van der Waals surface area contributed by atoms with Crippen molar-refractivity contribution in [2.45, 2.75) is 46.1 Å². The van der Waals surface area contributed by atoms with Crippen LogP contribution in [0.1, 0.15) is 38.1 Å². The highest BCUT2D eigenvalue weighted by molar-refractivity contribution is 5.57. The molecule has 1 fully saturated rings. The molecule has 0 atom stereocenters. The van der Waals surface area contributed by atoms with Crippen LogP contribution in [0.4, 0.5) is 4.39 Å². The summed E-state index contributed by atoms with van der Waals surface area (Å²) in [7, 11) is 0. The van der Waals surface area contributed by atoms with Gasteiger partial charge in [0.1, 0.15) is 12.0 Å². The molecule has 2 N–H and O–H groups in total. The standard InChI is InChI=1S/C11H10FN5.C7H13NO/c1-6-3-8(10-13-4-9(12)16-10)15-11-7(2)14-5-17(6)11;1-7(2,8-5-9)6-3-4-6/h3-5H,1-2H3,(H,13,16);5-6H,3-4H2,1-2H3,(H,8,9). The number of carbonyl (C=O) groups excluding carboxylic acids is 1. The molecule has 3 heterocycles. The number of carbonyl (C=O) groups is 1. The maximum absolute atomic E-state index is 12.9. The Kier molecular flexibility index (Phi) is 4.76. The van der Waals surface area contributed by atoms with Crippen molar-refractivity contribution in [3.05, 3.63) is 35.9 Å². The molecule has 0 aromatic carbocycles. The van der Waals surface area contributed by atoms with Crippen LogP contribution in [0.25, 0.3) is 17.2 Å². The molecule has 0 unspecified atom stereocenters. The van der Waals surface area contributed by atoms with E-state index in [1.165, 1.54) is 12.8 Å². The van der Waals surface area contributed by atoms with Crippen molar-refractivity contribution in [3.8, 4) is 11.5 Å². The van der Waals surface area contributed by atoms with Crippen LogP contribution in [-0.4, -0.2) is 36.3 Å². The number of hydrogen-bond acceptors (Lipinski definition) is 4. The summed E-state index contributed by atoms with van der Waals surface area (Å²) in [4.78, 5) is 25.1. The van der Waals surface area contributed by atoms with Crippen molar-refractivity contribution in [2.75, 3.05) is 0 Å². The van der Waals surface area contributed by atoms with E-state index in [2.05, 4.69) is 39.1 Å². The van der Waals surface area contributed by atoms with Crippen LogP contribution in [0.15, 0.2) is 18.6 Å². The summed E-state index contributed by atoms with van der Waals surface area (Å²) in [6.07, 6.45) is 6.19. The fourth-order valence-electron chi connectivity index (χ4n) is 2.86. The molecule has 1 aliphatic carbocycles. The van der Waals surface area contributed by atoms with Crippen molar-refractivity contribution in [3.63, 3.8) is 0 Å². The summed E-state index contributed by atoms with van der Waals surface area (Å²) in [5.74, 6) is 0.681. The van der Waals surface area contributed by atoms with Gasteiger partial charge in [-0.15, -0.1) is 0 Å². The molecule has 0 spiro atoms. The van der Waals surface area contributed by atoms with E-state index in [0.717, 1.165) is 35.6 Å². The van der Waals surface area contributed by atoms with Gasteiger partial charge in [0.15, 0.2) is 11.5 Å². The Morgan fingerprint density at radius 2 is 2.08 bits per heavy atom. The Labute approximate surface area is 151 Å². The first-order valence-electron chi connectivity index (χ1n) is 8.55. The van der Waals surface area contributed by atoms with Gasteiger partial charge in [-0.3, -0.25) is 9.20 Å². The van der Waals surface area contributed by atoms with Crippen molar-refractivity contribution >= 4 is 12.1 Å². The van der Waals surface area contributed by atoms with Crippen LogP contribution >= 0.6 is 0 Å². The topological polar surface area (TPSA) is 88.0 Å². The second-order valence-corrected chi connectivity index (χ2v) is 7.14. The molecule has 3 aromatic rings. The van der Waals surface area contributed by atoms with Crippen LogP contribution in [0.5, 0.6) is 0 Å². The highest BCUT2D eigenvalue weighted by atomic mass is 19.1. The first-order chi connectivity index (χ1) is 12.3. The maximum atomic E-state index is 12.9. The average Bonchev–Trinajstić information content (AvgIpc) is 3.27. The van der Waals surface area contributed by atoms with Gasteiger partial charge >= 0.3 is 0 Å². The van der Waals surface area contributed by atoms with E-state index in [1.807, 2.05) is 24.3 Å². The minimum Gasteiger partial charge on any atom is -0.354 e. The van der Waals surface area contributed by atoms with E-state index in [9.17, 15) is 9.18 Å². The van der Waals surface area contributed by atoms with E-state index in [0.29, 0.717) is 11.5 Å². The second kappa shape index (κ2) is 6.86. The Balaban J connectivity index is 0.000000185. The smallest absolute Gasteiger partial charge is 0.211 e. The van der Waals surface area contributed by atoms with E-state index in [4.69, 9.17) is 0 Å². The SMILES string of the molecule is CC(C)(NC=O)C1CC1.Cc1ncn2c(C)cc(-c3ncc(F)[nH]3)nc12. The van der Waals surface area contributed by atoms with Gasteiger partial charge in [0.2, 0.25) is 12.4 Å². The van der Waals surface area contributed by atoms with Gasteiger partial charge in [0.05, 0.1) is 11.9 Å². The van der Waals surface area contributed by atoms with Gasteiger partial charge < -0.3 is 10.3 Å². The number of imidazole rings is 2. The lowest BCUT2D eigenvalue weighted by atomic mass is 10.00. The molecule has 1 saturated carbocycles. The fraction of sp³-hybridized carbons (Fsp3) is 0.444. The number of aromatic amines is 1. The molecule has 0 radical (unpaired) electrons. The Morgan fingerprint density at radius 3 is 2.65 bits per heavy atom. The van der Waals surface area contributed by atoms with Crippen LogP contribution in [-0.2, 0) is 4.79 Å². The Hall–Kier alpha value is -2.77. The molecule has 0 aliphatic heterocycles. The molecule has 0 saturated heterocycles. The minimum absolute atomic E-state index is 0.0434. The van der Waals surface area contributed by atoms with E-state index in [1.54, 1.807) is 6.33 Å². The number of H-pyrrole nitrogens is 1. The number of halogens is 1. The number of amides is 1. The van der Waals surface area contributed by atoms with Crippen LogP contribution < -0.4 is 5.32 Å². The zero-order valence-corrected chi connectivity index (χ0v) is 15.4. The van der Waals surface area contributed by atoms with E-state index in [-0.39, 0.29) is 5.54 Å². The zero-order valence-electron chi connectivity index (χ0n) is 15.4. The molecule has 1 amide bonds. The predicted molar refractivity (Wildman–Crippen MR) is 96.0 cm³/mol. The molecular weight excluding hydrogens is 335 g/mol. The van der Waals surface area contributed by atoms with Gasteiger partial charge in [-0.1, -0.05) is 0 Å². The lowest BCUT2D eigenvalue weighted by molar-refractivity contribution is -0.111. The number of aromatic nitrogens is 5. The van der Waals surface area contributed by atoms with Gasteiger partial charge in [-0.25, -0.2) is 15.0 Å². The highest BCUT2D eigenvalue weighted by Crippen LogP contribution is 2.38. The number of fused-ring (bicyclic) bond motifs is 1. The Morgan fingerprint density at radius 1 is 1.35 bits per heavy atom. The van der Waals surface area contributed by atoms with Crippen LogP contribution in [0.3, 0.4) is 0 Å². The van der Waals surface area contributed by atoms with E-state index < -0.39 is 5.95 Å². The number of hydrogen-bond donors (Lipinski definition) is 2. The quantitative estimate of drug-likeness (QED) is 0.702. The summed E-state index contributed by atoms with van der Waals surface area (Å²) in [6.45, 7) is 7.96. The highest BCUT2D eigenvalue weighted by Gasteiger charge is 2.37. The molecule has 3 aromatic heterocycles. The molecule has 8 heteroatoms. The van der Waals surface area contributed by atoms with E-state index >= 15 is 0 Å². The van der Waals surface area contributed by atoms with Gasteiger partial charge in [0, 0.05) is 11.2 Å². The molecule has 0 bridgehead atoms. The summed E-state index contributed by atoms with van der Waals surface area (Å²) in [5.41, 5.74) is 3.23. The lowest BCUT2D eigenvalue weighted by Gasteiger charge is -2.22. The van der Waals surface area contributed by atoms with Crippen molar-refractivity contribution in [1.29, 1.82) is 0 Å². The molecule has 26 heavy (non-hydrogen) atoms. The Bertz CT molecular complexity index is 925. The van der Waals surface area contributed by atoms with Crippen LogP contribution in [0.2, 0.25) is 0 Å². The minimum atomic E-state index is -0.468. The fourth-order valence-corrected chi connectivity index (χ4v) is 2.86. The molecule has 4 rings (SSSR count). The van der Waals surface area contributed by atoms with Crippen molar-refractivity contribution in [2.24, 2.45) is 5.92 Å². The third-order valence-electron chi connectivity index (χ3n) is 4.69. The van der Waals surface area contributed by atoms with Gasteiger partial charge in [0.25, 0.3) is 0 Å². The number of rotatable bonds is 4. The van der Waals surface area contributed by atoms with Crippen molar-refractivity contribution < 1.29 is 9.18 Å². The van der Waals surface area contributed by atoms with Crippen molar-refractivity contribution in [1.82, 2.24) is 29.7 Å². The molecule has 1 aliphatic rings. The normalized spacial score (nSPS) is 14.0. The summed E-state index contributed by atoms with van der Waals surface area (Å²) in [6, 6.07) is 1.84. The monoisotopic (exact) mass is 358 g/mol. The first-order valence-corrected chi connectivity index (χ1v) is 8.55. The molecule has 7 nitrogen and oxygen atoms in total. The number of nitrogens with one attached hydrogen (secondary N) is 2. The summed E-state index contributed by atoms with van der Waals surface area (Å²) in [5, 5.41) is 2.80. The molecule has 138 valence electrons. The first kappa shape index (κ1) is 18.0. The zero-order chi connectivity index (χ0) is 18.9. The lowest BCUT2D eigenvalue weighted by Crippen LogP contribution is -2.40. The summed E-state index contributed by atoms with van der Waals surface area (Å²) >= 11 is 0. The summed E-state index contributed by atoms with van der Waals surface area (Å²) < 4.78 is 14.8. The average molecular weight is 358 g/mol. The number of aryl methyl sites for hydroxylation is 2. The molecular formula is C18H23FN6O.